The summed E-state index contributed by atoms with van der Waals surface area (Å²) in [7, 11) is 0. The van der Waals surface area contributed by atoms with Gasteiger partial charge in [0, 0.05) is 11.1 Å². The second kappa shape index (κ2) is 6.07. The highest BCUT2D eigenvalue weighted by Gasteiger charge is 2.11. The normalized spacial score (nSPS) is 11.9. The van der Waals surface area contributed by atoms with Gasteiger partial charge in [-0.05, 0) is 36.8 Å². The number of pyridine rings is 1. The Morgan fingerprint density at radius 3 is 2.74 bits per heavy atom. The van der Waals surface area contributed by atoms with E-state index in [1.165, 1.54) is 11.8 Å². The summed E-state index contributed by atoms with van der Waals surface area (Å²) in [6.07, 6.45) is 0.975. The van der Waals surface area contributed by atoms with Crippen LogP contribution in [0, 0.1) is 11.3 Å². The molecule has 1 N–H and O–H groups in total. The fraction of sp³-hybridized carbons (Fsp3) is 0.143. The van der Waals surface area contributed by atoms with E-state index in [1.54, 1.807) is 43.5 Å². The Bertz CT molecular complexity index is 620. The van der Waals surface area contributed by atoms with E-state index in [0.29, 0.717) is 10.6 Å². The summed E-state index contributed by atoms with van der Waals surface area (Å²) in [5.74, 6) is 0. The van der Waals surface area contributed by atoms with Crippen LogP contribution in [0.1, 0.15) is 24.2 Å². The minimum atomic E-state index is -0.595. The molecule has 19 heavy (non-hydrogen) atoms. The number of hydrogen-bond acceptors (Lipinski definition) is 4. The van der Waals surface area contributed by atoms with Gasteiger partial charge in [0.25, 0.3) is 0 Å². The summed E-state index contributed by atoms with van der Waals surface area (Å²) in [6, 6.07) is 10.9. The van der Waals surface area contributed by atoms with Crippen molar-refractivity contribution < 1.29 is 5.11 Å². The van der Waals surface area contributed by atoms with Crippen molar-refractivity contribution in [3.8, 4) is 6.07 Å². The number of nitriles is 1. The number of benzene rings is 1. The highest BCUT2D eigenvalue weighted by Crippen LogP contribution is 2.33. The molecule has 1 atom stereocenters. The summed E-state index contributed by atoms with van der Waals surface area (Å²) < 4.78 is 0. The lowest BCUT2D eigenvalue weighted by molar-refractivity contribution is 0.196. The van der Waals surface area contributed by atoms with Gasteiger partial charge in [-0.25, -0.2) is 4.98 Å². The topological polar surface area (TPSA) is 56.9 Å². The predicted molar refractivity (Wildman–Crippen MR) is 75.2 cm³/mol. The zero-order valence-electron chi connectivity index (χ0n) is 10.2. The van der Waals surface area contributed by atoms with E-state index in [1.807, 2.05) is 0 Å². The quantitative estimate of drug-likeness (QED) is 0.934. The molecule has 2 aromatic rings. The zero-order chi connectivity index (χ0) is 13.8. The summed E-state index contributed by atoms with van der Waals surface area (Å²) in [5.41, 5.74) is 1.33. The van der Waals surface area contributed by atoms with E-state index >= 15 is 0 Å². The Morgan fingerprint density at radius 1 is 1.37 bits per heavy atom. The summed E-state index contributed by atoms with van der Waals surface area (Å²) in [6.45, 7) is 1.70. The van der Waals surface area contributed by atoms with Crippen molar-refractivity contribution in [2.45, 2.75) is 22.9 Å². The van der Waals surface area contributed by atoms with Crippen molar-refractivity contribution in [2.24, 2.45) is 0 Å². The Labute approximate surface area is 120 Å². The summed E-state index contributed by atoms with van der Waals surface area (Å²) in [4.78, 5) is 5.02. The van der Waals surface area contributed by atoms with Gasteiger partial charge in [0.1, 0.15) is 5.03 Å². The Kier molecular flexibility index (Phi) is 4.43. The molecule has 96 valence electrons. The first-order valence-corrected chi connectivity index (χ1v) is 6.81. The monoisotopic (exact) mass is 290 g/mol. The van der Waals surface area contributed by atoms with Gasteiger partial charge in [0.15, 0.2) is 0 Å². The molecule has 0 aliphatic rings. The molecule has 0 radical (unpaired) electrons. The van der Waals surface area contributed by atoms with Crippen LogP contribution in [-0.4, -0.2) is 10.1 Å². The minimum absolute atomic E-state index is 0.556. The molecule has 0 aliphatic carbocycles. The van der Waals surface area contributed by atoms with Crippen molar-refractivity contribution >= 4 is 23.4 Å². The molecule has 5 heteroatoms. The van der Waals surface area contributed by atoms with Gasteiger partial charge in [0.05, 0.1) is 22.8 Å². The molecule has 0 bridgehead atoms. The van der Waals surface area contributed by atoms with E-state index in [9.17, 15) is 5.11 Å². The molecule has 1 aromatic carbocycles. The average Bonchev–Trinajstić information content (AvgIpc) is 2.41. The molecule has 0 aliphatic heterocycles. The van der Waals surface area contributed by atoms with Crippen LogP contribution in [-0.2, 0) is 0 Å². The van der Waals surface area contributed by atoms with E-state index in [0.717, 1.165) is 15.5 Å². The van der Waals surface area contributed by atoms with Crippen LogP contribution < -0.4 is 0 Å². The smallest absolute Gasteiger partial charge is 0.101 e. The number of nitrogens with zero attached hydrogens (tertiary/aromatic N) is 2. The van der Waals surface area contributed by atoms with E-state index < -0.39 is 6.10 Å². The van der Waals surface area contributed by atoms with Gasteiger partial charge in [0.2, 0.25) is 0 Å². The number of rotatable bonds is 3. The van der Waals surface area contributed by atoms with Crippen LogP contribution in [0.3, 0.4) is 0 Å². The Balaban J connectivity index is 2.37. The summed E-state index contributed by atoms with van der Waals surface area (Å²) in [5, 5.41) is 20.0. The lowest BCUT2D eigenvalue weighted by Gasteiger charge is -2.11. The van der Waals surface area contributed by atoms with Gasteiger partial charge in [-0.1, -0.05) is 29.4 Å². The standard InChI is InChI=1S/C14H11ClN2OS/c1-9(18)12-4-2-10(7-16)6-13(12)19-14-5-3-11(15)8-17-14/h2-6,8-9,18H,1H3/t9-/m1/s1. The van der Waals surface area contributed by atoms with E-state index in [-0.39, 0.29) is 0 Å². The lowest BCUT2D eigenvalue weighted by atomic mass is 10.1. The van der Waals surface area contributed by atoms with Gasteiger partial charge in [-0.3, -0.25) is 0 Å². The predicted octanol–water partition coefficient (Wildman–Crippen LogP) is 3.81. The van der Waals surface area contributed by atoms with Crippen molar-refractivity contribution in [1.29, 1.82) is 5.26 Å². The molecule has 0 amide bonds. The second-order valence-corrected chi connectivity index (χ2v) is 5.46. The highest BCUT2D eigenvalue weighted by molar-refractivity contribution is 7.99. The molecule has 1 heterocycles. The lowest BCUT2D eigenvalue weighted by Crippen LogP contribution is -1.95. The third kappa shape index (κ3) is 3.48. The van der Waals surface area contributed by atoms with Crippen LogP contribution in [0.2, 0.25) is 5.02 Å². The van der Waals surface area contributed by atoms with Crippen molar-refractivity contribution in [2.75, 3.05) is 0 Å². The molecule has 0 fully saturated rings. The Morgan fingerprint density at radius 2 is 2.16 bits per heavy atom. The number of halogens is 1. The fourth-order valence-corrected chi connectivity index (χ4v) is 2.69. The Hall–Kier alpha value is -1.54. The first-order valence-electron chi connectivity index (χ1n) is 5.61. The SMILES string of the molecule is C[C@@H](O)c1ccc(C#N)cc1Sc1ccc(Cl)cn1. The molecule has 0 saturated heterocycles. The summed E-state index contributed by atoms with van der Waals surface area (Å²) >= 11 is 7.19. The van der Waals surface area contributed by atoms with Gasteiger partial charge >= 0.3 is 0 Å². The van der Waals surface area contributed by atoms with Crippen molar-refractivity contribution in [3.05, 3.63) is 52.7 Å². The fourth-order valence-electron chi connectivity index (χ4n) is 1.57. The molecule has 3 nitrogen and oxygen atoms in total. The molecule has 1 aromatic heterocycles. The molecule has 0 unspecified atom stereocenters. The number of aliphatic hydroxyl groups is 1. The molecule has 2 rings (SSSR count). The number of hydrogen-bond donors (Lipinski definition) is 1. The number of aliphatic hydroxyl groups excluding tert-OH is 1. The van der Waals surface area contributed by atoms with Crippen molar-refractivity contribution in [3.63, 3.8) is 0 Å². The maximum Gasteiger partial charge on any atom is 0.101 e. The van der Waals surface area contributed by atoms with Crippen LogP contribution in [0.15, 0.2) is 46.5 Å². The van der Waals surface area contributed by atoms with Crippen LogP contribution in [0.25, 0.3) is 0 Å². The second-order valence-electron chi connectivity index (χ2n) is 3.96. The van der Waals surface area contributed by atoms with Gasteiger partial charge in [-0.2, -0.15) is 5.26 Å². The molecule has 0 spiro atoms. The maximum atomic E-state index is 9.75. The molecule has 0 saturated carbocycles. The van der Waals surface area contributed by atoms with Gasteiger partial charge < -0.3 is 5.11 Å². The van der Waals surface area contributed by atoms with Crippen molar-refractivity contribution in [1.82, 2.24) is 4.98 Å². The van der Waals surface area contributed by atoms with Gasteiger partial charge in [-0.15, -0.1) is 0 Å². The third-order valence-corrected chi connectivity index (χ3v) is 3.76. The van der Waals surface area contributed by atoms with Crippen LogP contribution in [0.5, 0.6) is 0 Å². The third-order valence-electron chi connectivity index (χ3n) is 2.51. The first-order chi connectivity index (χ1) is 9.10. The maximum absolute atomic E-state index is 9.75. The van der Waals surface area contributed by atoms with Crippen LogP contribution >= 0.6 is 23.4 Å². The first kappa shape index (κ1) is 13.9. The highest BCUT2D eigenvalue weighted by atomic mass is 35.5. The minimum Gasteiger partial charge on any atom is -0.389 e. The molecular formula is C14H11ClN2OS. The van der Waals surface area contributed by atoms with E-state index in [4.69, 9.17) is 16.9 Å². The number of aromatic nitrogens is 1. The van der Waals surface area contributed by atoms with Crippen LogP contribution in [0.4, 0.5) is 0 Å². The average molecular weight is 291 g/mol. The molecular weight excluding hydrogens is 280 g/mol. The largest absolute Gasteiger partial charge is 0.389 e. The van der Waals surface area contributed by atoms with E-state index in [2.05, 4.69) is 11.1 Å². The zero-order valence-corrected chi connectivity index (χ0v) is 11.7.